The average Bonchev–Trinajstić information content (AvgIpc) is 2.08. The number of halogens is 3. The molecule has 0 saturated carbocycles. The molecule has 1 atom stereocenters. The highest BCUT2D eigenvalue weighted by Crippen LogP contribution is 2.30. The zero-order valence-electron chi connectivity index (χ0n) is 6.10. The van der Waals surface area contributed by atoms with Gasteiger partial charge in [0.05, 0.1) is 17.0 Å². The van der Waals surface area contributed by atoms with Crippen molar-refractivity contribution in [1.29, 1.82) is 0 Å². The third kappa shape index (κ3) is 2.13. The zero-order valence-corrected chi connectivity index (χ0v) is 9.20. The Bertz CT molecular complexity index is 278. The Hall–Kier alpha value is 0.240. The highest BCUT2D eigenvalue weighted by molar-refractivity contribution is 9.10. The lowest BCUT2D eigenvalue weighted by Gasteiger charge is -2.09. The van der Waals surface area contributed by atoms with Crippen LogP contribution in [-0.4, -0.2) is 11.0 Å². The first kappa shape index (κ1) is 10.3. The van der Waals surface area contributed by atoms with Crippen molar-refractivity contribution < 1.29 is 5.11 Å². The number of rotatable bonds is 2. The van der Waals surface area contributed by atoms with Gasteiger partial charge in [-0.1, -0.05) is 23.7 Å². The van der Waals surface area contributed by atoms with Gasteiger partial charge in [0, 0.05) is 10.0 Å². The number of hydrogen-bond acceptors (Lipinski definition) is 1. The number of benzene rings is 1. The first-order valence-electron chi connectivity index (χ1n) is 3.34. The van der Waals surface area contributed by atoms with Crippen molar-refractivity contribution in [2.24, 2.45) is 0 Å². The number of hydrogen-bond donors (Lipinski definition) is 1. The van der Waals surface area contributed by atoms with Crippen molar-refractivity contribution in [2.45, 2.75) is 6.10 Å². The van der Waals surface area contributed by atoms with Crippen LogP contribution in [0.15, 0.2) is 22.7 Å². The third-order valence-electron chi connectivity index (χ3n) is 1.49. The Morgan fingerprint density at radius 1 is 1.50 bits per heavy atom. The fourth-order valence-corrected chi connectivity index (χ4v) is 1.66. The van der Waals surface area contributed by atoms with Gasteiger partial charge in [-0.3, -0.25) is 0 Å². The fourth-order valence-electron chi connectivity index (χ4n) is 0.861. The van der Waals surface area contributed by atoms with Gasteiger partial charge >= 0.3 is 0 Å². The second kappa shape index (κ2) is 4.47. The van der Waals surface area contributed by atoms with Gasteiger partial charge in [-0.15, -0.1) is 11.6 Å². The van der Waals surface area contributed by atoms with Crippen LogP contribution in [0.1, 0.15) is 11.7 Å². The van der Waals surface area contributed by atoms with Crippen LogP contribution in [-0.2, 0) is 0 Å². The van der Waals surface area contributed by atoms with E-state index in [-0.39, 0.29) is 5.88 Å². The standard InChI is InChI=1S/C8H7BrCl2O/c9-6-3-1-2-5(8(6)11)7(12)4-10/h1-3,7,12H,4H2. The SMILES string of the molecule is OC(CCl)c1cccc(Br)c1Cl. The van der Waals surface area contributed by atoms with E-state index in [9.17, 15) is 5.11 Å². The minimum Gasteiger partial charge on any atom is -0.387 e. The summed E-state index contributed by atoms with van der Waals surface area (Å²) in [4.78, 5) is 0. The van der Waals surface area contributed by atoms with Gasteiger partial charge in [0.2, 0.25) is 0 Å². The summed E-state index contributed by atoms with van der Waals surface area (Å²) in [6.07, 6.45) is -0.698. The molecule has 0 spiro atoms. The largest absolute Gasteiger partial charge is 0.387 e. The van der Waals surface area contributed by atoms with Gasteiger partial charge in [0.25, 0.3) is 0 Å². The molecule has 1 unspecified atom stereocenters. The van der Waals surface area contributed by atoms with E-state index in [1.54, 1.807) is 12.1 Å². The molecule has 0 aliphatic carbocycles. The molecular formula is C8H7BrCl2O. The Balaban J connectivity index is 3.07. The van der Waals surface area contributed by atoms with Crippen molar-refractivity contribution >= 4 is 39.1 Å². The maximum atomic E-state index is 9.40. The summed E-state index contributed by atoms with van der Waals surface area (Å²) in [5, 5.41) is 9.92. The molecular weight excluding hydrogens is 263 g/mol. The molecule has 4 heteroatoms. The molecule has 0 aromatic heterocycles. The van der Waals surface area contributed by atoms with Gasteiger partial charge < -0.3 is 5.11 Å². The predicted octanol–water partition coefficient (Wildman–Crippen LogP) is 3.37. The Morgan fingerprint density at radius 3 is 2.75 bits per heavy atom. The first-order valence-corrected chi connectivity index (χ1v) is 5.05. The smallest absolute Gasteiger partial charge is 0.0940 e. The van der Waals surface area contributed by atoms with Gasteiger partial charge in [0.1, 0.15) is 0 Å². The first-order chi connectivity index (χ1) is 5.66. The summed E-state index contributed by atoms with van der Waals surface area (Å²) < 4.78 is 0.769. The molecule has 0 heterocycles. The van der Waals surface area contributed by atoms with Gasteiger partial charge in [-0.25, -0.2) is 0 Å². The highest BCUT2D eigenvalue weighted by Gasteiger charge is 2.11. The molecule has 0 aliphatic heterocycles. The van der Waals surface area contributed by atoms with Gasteiger partial charge in [-0.05, 0) is 22.0 Å². The van der Waals surface area contributed by atoms with Gasteiger partial charge in [0.15, 0.2) is 0 Å². The van der Waals surface area contributed by atoms with E-state index < -0.39 is 6.10 Å². The lowest BCUT2D eigenvalue weighted by atomic mass is 10.1. The van der Waals surface area contributed by atoms with Crippen LogP contribution in [0, 0.1) is 0 Å². The summed E-state index contributed by atoms with van der Waals surface area (Å²) in [5.74, 6) is 0.149. The van der Waals surface area contributed by atoms with Gasteiger partial charge in [-0.2, -0.15) is 0 Å². The van der Waals surface area contributed by atoms with Crippen molar-refractivity contribution in [1.82, 2.24) is 0 Å². The molecule has 0 fully saturated rings. The molecule has 1 aromatic carbocycles. The van der Waals surface area contributed by atoms with Crippen LogP contribution >= 0.6 is 39.1 Å². The number of aliphatic hydroxyl groups excluding tert-OH is 1. The van der Waals surface area contributed by atoms with E-state index >= 15 is 0 Å². The number of alkyl halides is 1. The minimum atomic E-state index is -0.698. The van der Waals surface area contributed by atoms with Crippen LogP contribution < -0.4 is 0 Å². The summed E-state index contributed by atoms with van der Waals surface area (Å²) in [7, 11) is 0. The summed E-state index contributed by atoms with van der Waals surface area (Å²) in [5.41, 5.74) is 0.654. The van der Waals surface area contributed by atoms with Crippen LogP contribution in [0.2, 0.25) is 5.02 Å². The van der Waals surface area contributed by atoms with E-state index in [2.05, 4.69) is 15.9 Å². The minimum absolute atomic E-state index is 0.149. The highest BCUT2D eigenvalue weighted by atomic mass is 79.9. The monoisotopic (exact) mass is 268 g/mol. The molecule has 66 valence electrons. The van der Waals surface area contributed by atoms with Crippen molar-refractivity contribution in [3.8, 4) is 0 Å². The molecule has 1 nitrogen and oxygen atoms in total. The van der Waals surface area contributed by atoms with Crippen LogP contribution in [0.3, 0.4) is 0 Å². The molecule has 0 amide bonds. The number of aliphatic hydroxyl groups is 1. The molecule has 0 bridgehead atoms. The van der Waals surface area contributed by atoms with Crippen LogP contribution in [0.5, 0.6) is 0 Å². The third-order valence-corrected chi connectivity index (χ3v) is 3.09. The summed E-state index contributed by atoms with van der Waals surface area (Å²) in [6.45, 7) is 0. The fraction of sp³-hybridized carbons (Fsp3) is 0.250. The van der Waals surface area contributed by atoms with E-state index in [0.29, 0.717) is 10.6 Å². The van der Waals surface area contributed by atoms with E-state index in [0.717, 1.165) is 4.47 Å². The van der Waals surface area contributed by atoms with E-state index in [4.69, 9.17) is 23.2 Å². The second-order valence-corrected chi connectivity index (χ2v) is 3.85. The molecule has 1 aromatic rings. The quantitative estimate of drug-likeness (QED) is 0.817. The topological polar surface area (TPSA) is 20.2 Å². The average molecular weight is 270 g/mol. The molecule has 12 heavy (non-hydrogen) atoms. The lowest BCUT2D eigenvalue weighted by molar-refractivity contribution is 0.202. The molecule has 0 saturated heterocycles. The van der Waals surface area contributed by atoms with Crippen LogP contribution in [0.25, 0.3) is 0 Å². The lowest BCUT2D eigenvalue weighted by Crippen LogP contribution is -1.99. The maximum Gasteiger partial charge on any atom is 0.0940 e. The second-order valence-electron chi connectivity index (χ2n) is 2.31. The molecule has 1 rings (SSSR count). The zero-order chi connectivity index (χ0) is 9.14. The van der Waals surface area contributed by atoms with Crippen molar-refractivity contribution in [3.05, 3.63) is 33.3 Å². The molecule has 0 aliphatic rings. The summed E-state index contributed by atoms with van der Waals surface area (Å²) >= 11 is 14.6. The van der Waals surface area contributed by atoms with Crippen LogP contribution in [0.4, 0.5) is 0 Å². The van der Waals surface area contributed by atoms with Crippen molar-refractivity contribution in [2.75, 3.05) is 5.88 Å². The van der Waals surface area contributed by atoms with E-state index in [1.807, 2.05) is 6.07 Å². The Morgan fingerprint density at radius 2 is 2.17 bits per heavy atom. The maximum absolute atomic E-state index is 9.40. The molecule has 1 N–H and O–H groups in total. The summed E-state index contributed by atoms with van der Waals surface area (Å²) in [6, 6.07) is 5.37. The molecule has 0 radical (unpaired) electrons. The Labute approximate surface area is 89.4 Å². The predicted molar refractivity (Wildman–Crippen MR) is 54.8 cm³/mol. The van der Waals surface area contributed by atoms with E-state index in [1.165, 1.54) is 0 Å². The Kier molecular flexibility index (Phi) is 3.84. The van der Waals surface area contributed by atoms with Crippen molar-refractivity contribution in [3.63, 3.8) is 0 Å². The normalized spacial score (nSPS) is 13.0.